The number of carbonyl (C=O) groups is 1. The molecule has 0 spiro atoms. The Morgan fingerprint density at radius 3 is 3.22 bits per heavy atom. The largest absolute Gasteiger partial charge is 0.468 e. The number of esters is 1. The van der Waals surface area contributed by atoms with Crippen molar-refractivity contribution in [3.63, 3.8) is 0 Å². The highest BCUT2D eigenvalue weighted by Crippen LogP contribution is 2.40. The summed E-state index contributed by atoms with van der Waals surface area (Å²) < 4.78 is 10.1. The van der Waals surface area contributed by atoms with Crippen molar-refractivity contribution in [1.29, 1.82) is 0 Å². The van der Waals surface area contributed by atoms with Crippen LogP contribution in [0.2, 0.25) is 0 Å². The van der Waals surface area contributed by atoms with Gasteiger partial charge in [-0.25, -0.2) is 4.98 Å². The van der Waals surface area contributed by atoms with E-state index < -0.39 is 5.54 Å². The van der Waals surface area contributed by atoms with E-state index in [0.29, 0.717) is 10.5 Å². The summed E-state index contributed by atoms with van der Waals surface area (Å²) in [6.45, 7) is 2.75. The normalized spacial score (nSPS) is 27.3. The van der Waals surface area contributed by atoms with E-state index in [2.05, 4.69) is 10.3 Å². The molecule has 0 bridgehead atoms. The molecule has 0 aliphatic heterocycles. The molecule has 1 aliphatic rings. The quantitative estimate of drug-likeness (QED) is 0.824. The number of hydrogen-bond acceptors (Lipinski definition) is 6. The van der Waals surface area contributed by atoms with Gasteiger partial charge in [-0.15, -0.1) is 0 Å². The molecule has 0 amide bonds. The van der Waals surface area contributed by atoms with E-state index in [1.807, 2.05) is 6.92 Å². The van der Waals surface area contributed by atoms with Gasteiger partial charge in [-0.3, -0.25) is 4.79 Å². The van der Waals surface area contributed by atoms with Crippen LogP contribution < -0.4 is 5.32 Å². The number of aromatic nitrogens is 1. The Balaban J connectivity index is 2.01. The highest BCUT2D eigenvalue weighted by Gasteiger charge is 2.46. The first-order valence-corrected chi connectivity index (χ1v) is 6.98. The average Bonchev–Trinajstić information content (AvgIpc) is 3.00. The topological polar surface area (TPSA) is 64.4 Å². The molecule has 1 aliphatic carbocycles. The third-order valence-corrected chi connectivity index (χ3v) is 4.38. The maximum atomic E-state index is 11.9. The minimum absolute atomic E-state index is 0.167. The number of methoxy groups -OCH3 is 1. The Morgan fingerprint density at radius 1 is 1.78 bits per heavy atom. The predicted molar refractivity (Wildman–Crippen MR) is 68.4 cm³/mol. The third-order valence-electron chi connectivity index (χ3n) is 3.24. The highest BCUT2D eigenvalue weighted by atomic mass is 32.2. The lowest BCUT2D eigenvalue weighted by molar-refractivity contribution is -0.148. The van der Waals surface area contributed by atoms with Crippen LogP contribution >= 0.6 is 11.8 Å². The SMILES string of the molecule is CCNC1(C(=O)OC)CCC(Sc2ncco2)C1. The first-order chi connectivity index (χ1) is 8.70. The minimum atomic E-state index is -0.534. The fourth-order valence-corrected chi connectivity index (χ4v) is 3.59. The van der Waals surface area contributed by atoms with Gasteiger partial charge in [-0.2, -0.15) is 0 Å². The summed E-state index contributed by atoms with van der Waals surface area (Å²) in [6, 6.07) is 0. The minimum Gasteiger partial charge on any atom is -0.468 e. The van der Waals surface area contributed by atoms with Crippen LogP contribution in [0.1, 0.15) is 26.2 Å². The number of carbonyl (C=O) groups excluding carboxylic acids is 1. The molecule has 6 heteroatoms. The van der Waals surface area contributed by atoms with Crippen LogP contribution in [0.25, 0.3) is 0 Å². The van der Waals surface area contributed by atoms with Gasteiger partial charge in [-0.05, 0) is 25.8 Å². The van der Waals surface area contributed by atoms with Crippen LogP contribution in [0.4, 0.5) is 0 Å². The Hall–Kier alpha value is -1.01. The van der Waals surface area contributed by atoms with Crippen LogP contribution in [0.3, 0.4) is 0 Å². The van der Waals surface area contributed by atoms with Crippen LogP contribution in [0, 0.1) is 0 Å². The van der Waals surface area contributed by atoms with E-state index >= 15 is 0 Å². The van der Waals surface area contributed by atoms with Gasteiger partial charge in [0.15, 0.2) is 0 Å². The van der Waals surface area contributed by atoms with Gasteiger partial charge in [0.05, 0.1) is 13.3 Å². The van der Waals surface area contributed by atoms with Crippen molar-refractivity contribution < 1.29 is 13.9 Å². The number of nitrogens with one attached hydrogen (secondary N) is 1. The fraction of sp³-hybridized carbons (Fsp3) is 0.667. The first-order valence-electron chi connectivity index (χ1n) is 6.10. The zero-order chi connectivity index (χ0) is 13.0. The van der Waals surface area contributed by atoms with Crippen molar-refractivity contribution >= 4 is 17.7 Å². The molecule has 1 saturated carbocycles. The molecule has 5 nitrogen and oxygen atoms in total. The Kier molecular flexibility index (Phi) is 4.29. The molecule has 0 aromatic carbocycles. The number of oxazole rings is 1. The monoisotopic (exact) mass is 270 g/mol. The summed E-state index contributed by atoms with van der Waals surface area (Å²) in [5.41, 5.74) is -0.534. The van der Waals surface area contributed by atoms with E-state index in [0.717, 1.165) is 25.8 Å². The summed E-state index contributed by atoms with van der Waals surface area (Å²) in [5.74, 6) is -0.167. The van der Waals surface area contributed by atoms with Crippen LogP contribution in [-0.2, 0) is 9.53 Å². The molecule has 18 heavy (non-hydrogen) atoms. The molecular weight excluding hydrogens is 252 g/mol. The number of ether oxygens (including phenoxy) is 1. The lowest BCUT2D eigenvalue weighted by atomic mass is 9.98. The van der Waals surface area contributed by atoms with Gasteiger partial charge in [0, 0.05) is 5.25 Å². The summed E-state index contributed by atoms with van der Waals surface area (Å²) >= 11 is 1.59. The van der Waals surface area contributed by atoms with Crippen molar-refractivity contribution in [1.82, 2.24) is 10.3 Å². The van der Waals surface area contributed by atoms with E-state index in [9.17, 15) is 4.79 Å². The van der Waals surface area contributed by atoms with Gasteiger partial charge in [0.2, 0.25) is 0 Å². The molecule has 0 radical (unpaired) electrons. The smallest absolute Gasteiger partial charge is 0.326 e. The van der Waals surface area contributed by atoms with Crippen LogP contribution in [0.15, 0.2) is 22.1 Å². The molecule has 0 saturated heterocycles. The average molecular weight is 270 g/mol. The lowest BCUT2D eigenvalue weighted by Crippen LogP contribution is -2.50. The van der Waals surface area contributed by atoms with Crippen molar-refractivity contribution in [2.75, 3.05) is 13.7 Å². The second-order valence-corrected chi connectivity index (χ2v) is 5.64. The molecule has 1 aromatic rings. The summed E-state index contributed by atoms with van der Waals surface area (Å²) in [5, 5.41) is 4.28. The third kappa shape index (κ3) is 2.70. The zero-order valence-electron chi connectivity index (χ0n) is 10.6. The number of nitrogens with zero attached hydrogens (tertiary/aromatic N) is 1. The van der Waals surface area contributed by atoms with Gasteiger partial charge < -0.3 is 14.5 Å². The summed E-state index contributed by atoms with van der Waals surface area (Å²) in [7, 11) is 1.44. The summed E-state index contributed by atoms with van der Waals surface area (Å²) in [4.78, 5) is 16.0. The standard InChI is InChI=1S/C12H18N2O3S/c1-3-14-12(10(15)16-2)5-4-9(8-12)18-11-13-6-7-17-11/h6-7,9,14H,3-5,8H2,1-2H3. The van der Waals surface area contributed by atoms with Crippen LogP contribution in [-0.4, -0.2) is 35.4 Å². The van der Waals surface area contributed by atoms with E-state index in [1.165, 1.54) is 7.11 Å². The van der Waals surface area contributed by atoms with Crippen molar-refractivity contribution in [3.8, 4) is 0 Å². The number of hydrogen-bond donors (Lipinski definition) is 1. The van der Waals surface area contributed by atoms with Gasteiger partial charge in [-0.1, -0.05) is 18.7 Å². The Morgan fingerprint density at radius 2 is 2.61 bits per heavy atom. The summed E-state index contributed by atoms with van der Waals surface area (Å²) in [6.07, 6.45) is 5.70. The first kappa shape index (κ1) is 13.4. The predicted octanol–water partition coefficient (Wildman–Crippen LogP) is 1.84. The molecule has 1 N–H and O–H groups in total. The van der Waals surface area contributed by atoms with Gasteiger partial charge in [0.1, 0.15) is 11.8 Å². The van der Waals surface area contributed by atoms with Crippen molar-refractivity contribution in [2.24, 2.45) is 0 Å². The Bertz CT molecular complexity index is 396. The van der Waals surface area contributed by atoms with Crippen molar-refractivity contribution in [2.45, 2.75) is 42.2 Å². The lowest BCUT2D eigenvalue weighted by Gasteiger charge is -2.27. The van der Waals surface area contributed by atoms with Gasteiger partial charge >= 0.3 is 5.97 Å². The Labute approximate surface area is 111 Å². The number of likely N-dealkylation sites (N-methyl/N-ethyl adjacent to an activating group) is 1. The maximum absolute atomic E-state index is 11.9. The molecule has 1 heterocycles. The molecule has 100 valence electrons. The molecule has 2 atom stereocenters. The highest BCUT2D eigenvalue weighted by molar-refractivity contribution is 7.99. The molecule has 1 fully saturated rings. The second kappa shape index (κ2) is 5.75. The maximum Gasteiger partial charge on any atom is 0.326 e. The van der Waals surface area contributed by atoms with E-state index in [-0.39, 0.29) is 5.97 Å². The molecule has 2 unspecified atom stereocenters. The van der Waals surface area contributed by atoms with Crippen LogP contribution in [0.5, 0.6) is 0 Å². The van der Waals surface area contributed by atoms with Gasteiger partial charge in [0.25, 0.3) is 5.22 Å². The molecule has 2 rings (SSSR count). The molecular formula is C12H18N2O3S. The number of thioether (sulfide) groups is 1. The molecule has 1 aromatic heterocycles. The zero-order valence-corrected chi connectivity index (χ0v) is 11.5. The number of rotatable bonds is 5. The fourth-order valence-electron chi connectivity index (χ4n) is 2.46. The second-order valence-electron chi connectivity index (χ2n) is 4.38. The van der Waals surface area contributed by atoms with E-state index in [4.69, 9.17) is 9.15 Å². The van der Waals surface area contributed by atoms with E-state index in [1.54, 1.807) is 24.2 Å². The van der Waals surface area contributed by atoms with Crippen molar-refractivity contribution in [3.05, 3.63) is 12.5 Å².